The Morgan fingerprint density at radius 2 is 2.03 bits per heavy atom. The third-order valence-corrected chi connectivity index (χ3v) is 5.15. The molecule has 0 saturated carbocycles. The fourth-order valence-electron chi connectivity index (χ4n) is 3.43. The van der Waals surface area contributed by atoms with Gasteiger partial charge in [0.1, 0.15) is 18.1 Å². The molecular formula is C20H24N6O4. The molecule has 0 atom stereocenters. The Kier molecular flexibility index (Phi) is 5.30. The molecule has 30 heavy (non-hydrogen) atoms. The number of allylic oxidation sites excluding steroid dienone is 3. The first-order valence-electron chi connectivity index (χ1n) is 9.78. The molecule has 0 fully saturated rings. The van der Waals surface area contributed by atoms with Crippen molar-refractivity contribution in [1.82, 2.24) is 28.9 Å². The number of aryl methyl sites for hydroxylation is 2. The quantitative estimate of drug-likeness (QED) is 0.582. The molecular weight excluding hydrogens is 388 g/mol. The van der Waals surface area contributed by atoms with Crippen molar-refractivity contribution in [2.75, 3.05) is 6.61 Å². The molecule has 4 rings (SSSR count). The van der Waals surface area contributed by atoms with E-state index in [0.717, 1.165) is 34.4 Å². The molecule has 0 aliphatic heterocycles. The summed E-state index contributed by atoms with van der Waals surface area (Å²) < 4.78 is 16.3. The van der Waals surface area contributed by atoms with Gasteiger partial charge in [-0.25, -0.2) is 23.5 Å². The topological polar surface area (TPSA) is 102 Å². The van der Waals surface area contributed by atoms with Crippen LogP contribution in [0.15, 0.2) is 50.5 Å². The minimum Gasteiger partial charge on any atom is -0.492 e. The van der Waals surface area contributed by atoms with E-state index in [1.165, 1.54) is 15.6 Å². The lowest BCUT2D eigenvalue weighted by molar-refractivity contribution is 0.198. The molecule has 158 valence electrons. The summed E-state index contributed by atoms with van der Waals surface area (Å²) in [5, 5.41) is 8.22. The first-order chi connectivity index (χ1) is 14.5. The van der Waals surface area contributed by atoms with Crippen molar-refractivity contribution >= 4 is 0 Å². The lowest BCUT2D eigenvalue weighted by atomic mass is 10.2. The number of rotatable bonds is 7. The molecule has 10 heteroatoms. The Labute approximate surface area is 172 Å². The Balaban J connectivity index is 1.54. The Morgan fingerprint density at radius 3 is 2.73 bits per heavy atom. The molecule has 0 unspecified atom stereocenters. The first-order valence-corrected chi connectivity index (χ1v) is 9.78. The van der Waals surface area contributed by atoms with Crippen LogP contribution in [0.2, 0.25) is 0 Å². The number of aromatic nitrogens is 6. The van der Waals surface area contributed by atoms with Crippen molar-refractivity contribution in [3.8, 4) is 5.69 Å². The van der Waals surface area contributed by atoms with Gasteiger partial charge in [-0.3, -0.25) is 4.68 Å². The summed E-state index contributed by atoms with van der Waals surface area (Å²) in [5.74, 6) is 1.51. The van der Waals surface area contributed by atoms with Crippen LogP contribution in [0, 0.1) is 13.8 Å². The maximum absolute atomic E-state index is 12.9. The minimum absolute atomic E-state index is 0.260. The summed E-state index contributed by atoms with van der Waals surface area (Å²) in [6.07, 6.45) is 11.1. The lowest BCUT2D eigenvalue weighted by Crippen LogP contribution is -2.28. The van der Waals surface area contributed by atoms with E-state index >= 15 is 0 Å². The van der Waals surface area contributed by atoms with Crippen LogP contribution in [0.1, 0.15) is 29.9 Å². The van der Waals surface area contributed by atoms with E-state index in [1.807, 2.05) is 32.1 Å². The monoisotopic (exact) mass is 412 g/mol. The number of hydrogen-bond acceptors (Lipinski definition) is 6. The molecule has 10 nitrogen and oxygen atoms in total. The SMILES string of the molecule is Cc1noc(C)c1Cn1cc(-n2c(=O)n(C)n(CCOC3=CCCC=C3)c2=O)cn1. The fourth-order valence-corrected chi connectivity index (χ4v) is 3.43. The molecule has 0 aromatic carbocycles. The normalized spacial score (nSPS) is 13.6. The van der Waals surface area contributed by atoms with Crippen LogP contribution in [0.25, 0.3) is 5.69 Å². The highest BCUT2D eigenvalue weighted by Crippen LogP contribution is 2.14. The van der Waals surface area contributed by atoms with E-state index in [0.29, 0.717) is 24.6 Å². The molecule has 0 N–H and O–H groups in total. The van der Waals surface area contributed by atoms with E-state index in [-0.39, 0.29) is 6.54 Å². The zero-order chi connectivity index (χ0) is 21.3. The summed E-state index contributed by atoms with van der Waals surface area (Å²) in [4.78, 5) is 25.6. The summed E-state index contributed by atoms with van der Waals surface area (Å²) >= 11 is 0. The van der Waals surface area contributed by atoms with Gasteiger partial charge in [0.05, 0.1) is 30.7 Å². The van der Waals surface area contributed by atoms with Crippen LogP contribution in [0.3, 0.4) is 0 Å². The fraction of sp³-hybridized carbons (Fsp3) is 0.400. The minimum atomic E-state index is -0.436. The second-order valence-electron chi connectivity index (χ2n) is 7.18. The van der Waals surface area contributed by atoms with Crippen LogP contribution >= 0.6 is 0 Å². The van der Waals surface area contributed by atoms with Gasteiger partial charge >= 0.3 is 11.4 Å². The van der Waals surface area contributed by atoms with E-state index in [9.17, 15) is 9.59 Å². The number of ether oxygens (including phenoxy) is 1. The average Bonchev–Trinajstić information content (AvgIpc) is 3.38. The summed E-state index contributed by atoms with van der Waals surface area (Å²) in [6, 6.07) is 0. The molecule has 0 amide bonds. The van der Waals surface area contributed by atoms with Gasteiger partial charge < -0.3 is 9.26 Å². The van der Waals surface area contributed by atoms with Gasteiger partial charge in [0.25, 0.3) is 0 Å². The highest BCUT2D eigenvalue weighted by molar-refractivity contribution is 5.26. The van der Waals surface area contributed by atoms with E-state index in [2.05, 4.69) is 10.3 Å². The van der Waals surface area contributed by atoms with Gasteiger partial charge in [0.2, 0.25) is 0 Å². The van der Waals surface area contributed by atoms with Gasteiger partial charge in [-0.05, 0) is 38.8 Å². The van der Waals surface area contributed by atoms with Crippen LogP contribution in [0.4, 0.5) is 0 Å². The predicted molar refractivity (Wildman–Crippen MR) is 109 cm³/mol. The summed E-state index contributed by atoms with van der Waals surface area (Å²) in [5.41, 5.74) is 1.24. The van der Waals surface area contributed by atoms with Crippen molar-refractivity contribution in [1.29, 1.82) is 0 Å². The number of hydrogen-bond donors (Lipinski definition) is 0. The van der Waals surface area contributed by atoms with E-state index in [4.69, 9.17) is 9.26 Å². The van der Waals surface area contributed by atoms with Crippen molar-refractivity contribution in [3.63, 3.8) is 0 Å². The lowest BCUT2D eigenvalue weighted by Gasteiger charge is -2.10. The highest BCUT2D eigenvalue weighted by Gasteiger charge is 2.17. The maximum Gasteiger partial charge on any atom is 0.352 e. The largest absolute Gasteiger partial charge is 0.492 e. The van der Waals surface area contributed by atoms with Gasteiger partial charge in [0, 0.05) is 18.8 Å². The van der Waals surface area contributed by atoms with Crippen molar-refractivity contribution in [2.45, 2.75) is 39.8 Å². The molecule has 3 aromatic heterocycles. The van der Waals surface area contributed by atoms with Gasteiger partial charge in [0.15, 0.2) is 0 Å². The third kappa shape index (κ3) is 3.68. The smallest absolute Gasteiger partial charge is 0.352 e. The van der Waals surface area contributed by atoms with Crippen LogP contribution in [-0.2, 0) is 24.9 Å². The molecule has 0 saturated heterocycles. The maximum atomic E-state index is 12.9. The number of nitrogens with zero attached hydrogens (tertiary/aromatic N) is 6. The molecule has 0 radical (unpaired) electrons. The predicted octanol–water partition coefficient (Wildman–Crippen LogP) is 1.44. The molecule has 1 aliphatic carbocycles. The molecule has 0 spiro atoms. The van der Waals surface area contributed by atoms with Crippen molar-refractivity contribution in [3.05, 3.63) is 74.4 Å². The van der Waals surface area contributed by atoms with Crippen LogP contribution < -0.4 is 11.4 Å². The van der Waals surface area contributed by atoms with E-state index in [1.54, 1.807) is 17.9 Å². The van der Waals surface area contributed by atoms with Crippen LogP contribution in [0.5, 0.6) is 0 Å². The van der Waals surface area contributed by atoms with Gasteiger partial charge in [-0.2, -0.15) is 5.10 Å². The molecule has 3 heterocycles. The summed E-state index contributed by atoms with van der Waals surface area (Å²) in [6.45, 7) is 4.68. The average molecular weight is 412 g/mol. The first kappa shape index (κ1) is 19.7. The Morgan fingerprint density at radius 1 is 1.20 bits per heavy atom. The molecule has 0 bridgehead atoms. The Bertz CT molecular complexity index is 1210. The van der Waals surface area contributed by atoms with Crippen molar-refractivity contribution < 1.29 is 9.26 Å². The molecule has 3 aromatic rings. The summed E-state index contributed by atoms with van der Waals surface area (Å²) in [7, 11) is 1.56. The van der Waals surface area contributed by atoms with E-state index < -0.39 is 11.4 Å². The van der Waals surface area contributed by atoms with Gasteiger partial charge in [-0.15, -0.1) is 0 Å². The zero-order valence-electron chi connectivity index (χ0n) is 17.2. The second kappa shape index (κ2) is 8.05. The standard InChI is InChI=1S/C20H24N6O4/c1-14-18(15(2)30-22-14)13-24-12-16(11-21-24)26-19(27)23(3)25(20(26)28)9-10-29-17-7-5-4-6-8-17/h5,7-8,11-12H,4,6,9-10,13H2,1-3H3. The van der Waals surface area contributed by atoms with Crippen molar-refractivity contribution in [2.24, 2.45) is 7.05 Å². The molecule has 1 aliphatic rings. The second-order valence-corrected chi connectivity index (χ2v) is 7.18. The third-order valence-electron chi connectivity index (χ3n) is 5.15. The van der Waals surface area contributed by atoms with Gasteiger partial charge in [-0.1, -0.05) is 11.2 Å². The highest BCUT2D eigenvalue weighted by atomic mass is 16.5. The van der Waals surface area contributed by atoms with Crippen LogP contribution in [-0.4, -0.2) is 35.5 Å². The zero-order valence-corrected chi connectivity index (χ0v) is 17.2. The Hall–Kier alpha value is -3.56.